The maximum absolute atomic E-state index is 5.62. The lowest BCUT2D eigenvalue weighted by atomic mass is 10.0. The van der Waals surface area contributed by atoms with Crippen LogP contribution in [0.2, 0.25) is 0 Å². The molecule has 2 unspecified atom stereocenters. The number of methoxy groups -OCH3 is 1. The molecule has 0 aliphatic heterocycles. The second-order valence-corrected chi connectivity index (χ2v) is 4.86. The van der Waals surface area contributed by atoms with E-state index in [9.17, 15) is 0 Å². The summed E-state index contributed by atoms with van der Waals surface area (Å²) in [6.45, 7) is 6.91. The van der Waals surface area contributed by atoms with Gasteiger partial charge in [-0.15, -0.1) is 11.3 Å². The molecule has 4 heteroatoms. The summed E-state index contributed by atoms with van der Waals surface area (Å²) in [5, 5.41) is 3.13. The molecule has 0 radical (unpaired) electrons. The number of aromatic nitrogens is 1. The third-order valence-electron chi connectivity index (χ3n) is 2.96. The molecule has 0 fully saturated rings. The first-order valence-electron chi connectivity index (χ1n) is 5.28. The van der Waals surface area contributed by atoms with Crippen molar-refractivity contribution >= 4 is 11.3 Å². The number of thiazole rings is 1. The fraction of sp³-hybridized carbons (Fsp3) is 0.727. The first kappa shape index (κ1) is 12.6. The van der Waals surface area contributed by atoms with Gasteiger partial charge in [0.15, 0.2) is 0 Å². The highest BCUT2D eigenvalue weighted by atomic mass is 32.1. The highest BCUT2D eigenvalue weighted by Gasteiger charge is 2.27. The van der Waals surface area contributed by atoms with E-state index >= 15 is 0 Å². The van der Waals surface area contributed by atoms with Crippen LogP contribution in [-0.2, 0) is 10.3 Å². The molecule has 2 atom stereocenters. The fourth-order valence-electron chi connectivity index (χ4n) is 1.26. The zero-order chi connectivity index (χ0) is 11.5. The molecule has 1 aromatic rings. The van der Waals surface area contributed by atoms with Crippen LogP contribution in [0.5, 0.6) is 0 Å². The van der Waals surface area contributed by atoms with Crippen LogP contribution < -0.4 is 5.73 Å². The van der Waals surface area contributed by atoms with E-state index in [0.717, 1.165) is 17.1 Å². The monoisotopic (exact) mass is 228 g/mol. The minimum absolute atomic E-state index is 0.253. The Kier molecular flexibility index (Phi) is 4.25. The van der Waals surface area contributed by atoms with Crippen molar-refractivity contribution in [2.75, 3.05) is 13.7 Å². The van der Waals surface area contributed by atoms with Crippen molar-refractivity contribution in [3.05, 3.63) is 16.1 Å². The zero-order valence-corrected chi connectivity index (χ0v) is 10.7. The third kappa shape index (κ3) is 2.56. The van der Waals surface area contributed by atoms with Crippen LogP contribution in [0.3, 0.4) is 0 Å². The van der Waals surface area contributed by atoms with E-state index in [-0.39, 0.29) is 5.60 Å². The van der Waals surface area contributed by atoms with Crippen molar-refractivity contribution < 1.29 is 4.74 Å². The Bertz CT molecular complexity index is 307. The normalized spacial score (nSPS) is 17.4. The maximum Gasteiger partial charge on any atom is 0.125 e. The first-order chi connectivity index (χ1) is 7.07. The van der Waals surface area contributed by atoms with Gasteiger partial charge in [0, 0.05) is 25.0 Å². The standard InChI is InChI=1S/C11H20N2OS/c1-5-11(3,14-4)10-13-9(7-15-10)8(2)6-12/h7-8H,5-6,12H2,1-4H3. The van der Waals surface area contributed by atoms with E-state index in [1.54, 1.807) is 18.4 Å². The van der Waals surface area contributed by atoms with Crippen molar-refractivity contribution in [2.45, 2.75) is 38.7 Å². The van der Waals surface area contributed by atoms with Gasteiger partial charge in [0.05, 0.1) is 5.69 Å². The summed E-state index contributed by atoms with van der Waals surface area (Å²) in [7, 11) is 1.73. The van der Waals surface area contributed by atoms with E-state index in [0.29, 0.717) is 12.5 Å². The molecule has 2 N–H and O–H groups in total. The Morgan fingerprint density at radius 3 is 2.80 bits per heavy atom. The van der Waals surface area contributed by atoms with E-state index in [1.807, 2.05) is 0 Å². The van der Waals surface area contributed by atoms with Gasteiger partial charge in [-0.1, -0.05) is 13.8 Å². The summed E-state index contributed by atoms with van der Waals surface area (Å²) in [6.07, 6.45) is 0.924. The number of nitrogens with two attached hydrogens (primary N) is 1. The topological polar surface area (TPSA) is 48.1 Å². The number of rotatable bonds is 5. The molecule has 15 heavy (non-hydrogen) atoms. The summed E-state index contributed by atoms with van der Waals surface area (Å²) in [6, 6.07) is 0. The van der Waals surface area contributed by atoms with Gasteiger partial charge in [-0.2, -0.15) is 0 Å². The van der Waals surface area contributed by atoms with E-state index < -0.39 is 0 Å². The molecule has 1 heterocycles. The average Bonchev–Trinajstić information content (AvgIpc) is 2.76. The largest absolute Gasteiger partial charge is 0.371 e. The van der Waals surface area contributed by atoms with E-state index in [1.165, 1.54) is 0 Å². The van der Waals surface area contributed by atoms with Crippen molar-refractivity contribution in [1.29, 1.82) is 0 Å². The molecule has 1 rings (SSSR count). The minimum atomic E-state index is -0.253. The van der Waals surface area contributed by atoms with Crippen LogP contribution in [0, 0.1) is 0 Å². The van der Waals surface area contributed by atoms with Crippen LogP contribution in [-0.4, -0.2) is 18.6 Å². The van der Waals surface area contributed by atoms with Gasteiger partial charge in [-0.25, -0.2) is 4.98 Å². The van der Waals surface area contributed by atoms with E-state index in [4.69, 9.17) is 10.5 Å². The number of hydrogen-bond donors (Lipinski definition) is 1. The lowest BCUT2D eigenvalue weighted by molar-refractivity contribution is -0.00169. The Morgan fingerprint density at radius 2 is 2.33 bits per heavy atom. The van der Waals surface area contributed by atoms with Gasteiger partial charge in [-0.05, 0) is 13.3 Å². The maximum atomic E-state index is 5.62. The van der Waals surface area contributed by atoms with E-state index in [2.05, 4.69) is 31.1 Å². The predicted octanol–water partition coefficient (Wildman–Crippen LogP) is 2.48. The molecule has 3 nitrogen and oxygen atoms in total. The van der Waals surface area contributed by atoms with Gasteiger partial charge < -0.3 is 10.5 Å². The lowest BCUT2D eigenvalue weighted by Crippen LogP contribution is -2.23. The Hall–Kier alpha value is -0.450. The fourth-order valence-corrected chi connectivity index (χ4v) is 2.41. The molecule has 0 spiro atoms. The summed E-state index contributed by atoms with van der Waals surface area (Å²) in [5.74, 6) is 0.327. The molecular formula is C11H20N2OS. The molecule has 0 aliphatic rings. The summed E-state index contributed by atoms with van der Waals surface area (Å²) < 4.78 is 5.52. The molecule has 0 aliphatic carbocycles. The summed E-state index contributed by atoms with van der Waals surface area (Å²) in [5.41, 5.74) is 6.45. The average molecular weight is 228 g/mol. The molecular weight excluding hydrogens is 208 g/mol. The van der Waals surface area contributed by atoms with Crippen molar-refractivity contribution in [1.82, 2.24) is 4.98 Å². The van der Waals surface area contributed by atoms with Gasteiger partial charge in [0.2, 0.25) is 0 Å². The van der Waals surface area contributed by atoms with Gasteiger partial charge in [-0.3, -0.25) is 0 Å². The Labute approximate surface area is 95.7 Å². The van der Waals surface area contributed by atoms with Gasteiger partial charge in [0.25, 0.3) is 0 Å². The van der Waals surface area contributed by atoms with Crippen LogP contribution in [0.4, 0.5) is 0 Å². The van der Waals surface area contributed by atoms with Gasteiger partial charge in [0.1, 0.15) is 10.6 Å². The first-order valence-corrected chi connectivity index (χ1v) is 6.16. The highest BCUT2D eigenvalue weighted by Crippen LogP contribution is 2.32. The van der Waals surface area contributed by atoms with Crippen LogP contribution in [0.15, 0.2) is 5.38 Å². The molecule has 0 saturated carbocycles. The van der Waals surface area contributed by atoms with Crippen molar-refractivity contribution in [3.63, 3.8) is 0 Å². The second kappa shape index (κ2) is 5.05. The predicted molar refractivity (Wildman–Crippen MR) is 64.2 cm³/mol. The Morgan fingerprint density at radius 1 is 1.67 bits per heavy atom. The molecule has 0 amide bonds. The Balaban J connectivity index is 2.92. The highest BCUT2D eigenvalue weighted by molar-refractivity contribution is 7.09. The number of hydrogen-bond acceptors (Lipinski definition) is 4. The van der Waals surface area contributed by atoms with Gasteiger partial charge >= 0.3 is 0 Å². The van der Waals surface area contributed by atoms with Crippen molar-refractivity contribution in [3.8, 4) is 0 Å². The molecule has 1 aromatic heterocycles. The molecule has 0 bridgehead atoms. The summed E-state index contributed by atoms with van der Waals surface area (Å²) >= 11 is 1.66. The minimum Gasteiger partial charge on any atom is -0.371 e. The number of nitrogens with zero attached hydrogens (tertiary/aromatic N) is 1. The molecule has 0 aromatic carbocycles. The molecule has 0 saturated heterocycles. The van der Waals surface area contributed by atoms with Crippen LogP contribution >= 0.6 is 11.3 Å². The lowest BCUT2D eigenvalue weighted by Gasteiger charge is -2.23. The quantitative estimate of drug-likeness (QED) is 0.842. The van der Waals surface area contributed by atoms with Crippen molar-refractivity contribution in [2.24, 2.45) is 5.73 Å². The number of ether oxygens (including phenoxy) is 1. The van der Waals surface area contributed by atoms with Crippen LogP contribution in [0.25, 0.3) is 0 Å². The second-order valence-electron chi connectivity index (χ2n) is 4.00. The zero-order valence-electron chi connectivity index (χ0n) is 9.91. The SMILES string of the molecule is CCC(C)(OC)c1nc(C(C)CN)cs1. The summed E-state index contributed by atoms with van der Waals surface area (Å²) in [4.78, 5) is 4.61. The smallest absolute Gasteiger partial charge is 0.125 e. The molecule has 86 valence electrons. The third-order valence-corrected chi connectivity index (χ3v) is 4.06. The van der Waals surface area contributed by atoms with Crippen LogP contribution in [0.1, 0.15) is 43.8 Å².